The summed E-state index contributed by atoms with van der Waals surface area (Å²) >= 11 is 0. The van der Waals surface area contributed by atoms with Crippen molar-refractivity contribution in [1.82, 2.24) is 9.97 Å². The highest BCUT2D eigenvalue weighted by atomic mass is 16.5. The molecule has 0 saturated carbocycles. The Kier molecular flexibility index (Phi) is 3.23. The van der Waals surface area contributed by atoms with Crippen LogP contribution in [0.25, 0.3) is 11.3 Å². The summed E-state index contributed by atoms with van der Waals surface area (Å²) in [6.45, 7) is 1.86. The molecule has 0 unspecified atom stereocenters. The largest absolute Gasteiger partial charge is 0.480 e. The minimum absolute atomic E-state index is 0.471. The van der Waals surface area contributed by atoms with Gasteiger partial charge in [0.05, 0.1) is 14.2 Å². The zero-order valence-corrected chi connectivity index (χ0v) is 10.1. The molecule has 17 heavy (non-hydrogen) atoms. The predicted octanol–water partition coefficient (Wildman–Crippen LogP) is 2.47. The van der Waals surface area contributed by atoms with E-state index >= 15 is 0 Å². The minimum Gasteiger partial charge on any atom is -0.480 e. The molecule has 0 spiro atoms. The number of ether oxygens (including phenoxy) is 2. The van der Waals surface area contributed by atoms with Gasteiger partial charge in [0.1, 0.15) is 11.4 Å². The SMILES string of the molecule is COc1nc(OC)c(-c2ccccc2)nc1C. The van der Waals surface area contributed by atoms with Crippen LogP contribution in [0.3, 0.4) is 0 Å². The monoisotopic (exact) mass is 230 g/mol. The lowest BCUT2D eigenvalue weighted by Crippen LogP contribution is -2.00. The Hall–Kier alpha value is -2.10. The smallest absolute Gasteiger partial charge is 0.243 e. The van der Waals surface area contributed by atoms with Gasteiger partial charge >= 0.3 is 0 Å². The van der Waals surface area contributed by atoms with Crippen molar-refractivity contribution in [3.05, 3.63) is 36.0 Å². The van der Waals surface area contributed by atoms with Crippen LogP contribution >= 0.6 is 0 Å². The first-order chi connectivity index (χ1) is 8.26. The average Bonchev–Trinajstić information content (AvgIpc) is 2.39. The molecule has 4 nitrogen and oxygen atoms in total. The summed E-state index contributed by atoms with van der Waals surface area (Å²) in [5.74, 6) is 0.959. The van der Waals surface area contributed by atoms with Crippen molar-refractivity contribution >= 4 is 0 Å². The Balaban J connectivity index is 2.58. The summed E-state index contributed by atoms with van der Waals surface area (Å²) in [7, 11) is 3.14. The van der Waals surface area contributed by atoms with Gasteiger partial charge in [-0.1, -0.05) is 30.3 Å². The van der Waals surface area contributed by atoms with Crippen LogP contribution in [0.15, 0.2) is 30.3 Å². The highest BCUT2D eigenvalue weighted by Gasteiger charge is 2.13. The highest BCUT2D eigenvalue weighted by molar-refractivity contribution is 5.64. The van der Waals surface area contributed by atoms with E-state index in [9.17, 15) is 0 Å². The molecule has 2 aromatic rings. The van der Waals surface area contributed by atoms with Gasteiger partial charge in [-0.15, -0.1) is 0 Å². The number of methoxy groups -OCH3 is 2. The van der Waals surface area contributed by atoms with E-state index in [4.69, 9.17) is 9.47 Å². The Morgan fingerprint density at radius 1 is 0.882 bits per heavy atom. The van der Waals surface area contributed by atoms with Crippen LogP contribution < -0.4 is 9.47 Å². The zero-order chi connectivity index (χ0) is 12.3. The first-order valence-corrected chi connectivity index (χ1v) is 5.28. The molecule has 1 aromatic carbocycles. The standard InChI is InChI=1S/C13H14N2O2/c1-9-12(16-2)15-13(17-3)11(14-9)10-7-5-4-6-8-10/h4-8H,1-3H3. The Morgan fingerprint density at radius 2 is 1.53 bits per heavy atom. The maximum absolute atomic E-state index is 5.24. The molecule has 0 N–H and O–H groups in total. The van der Waals surface area contributed by atoms with Gasteiger partial charge < -0.3 is 9.47 Å². The van der Waals surface area contributed by atoms with Crippen LogP contribution in [0.2, 0.25) is 0 Å². The molecule has 2 rings (SSSR count). The Bertz CT molecular complexity index is 512. The van der Waals surface area contributed by atoms with Crippen molar-refractivity contribution in [2.45, 2.75) is 6.92 Å². The van der Waals surface area contributed by atoms with Gasteiger partial charge in [0, 0.05) is 5.56 Å². The van der Waals surface area contributed by atoms with Crippen molar-refractivity contribution in [3.8, 4) is 23.0 Å². The van der Waals surface area contributed by atoms with Crippen LogP contribution in [-0.2, 0) is 0 Å². The van der Waals surface area contributed by atoms with Gasteiger partial charge in [0.15, 0.2) is 0 Å². The number of aryl methyl sites for hydroxylation is 1. The minimum atomic E-state index is 0.471. The van der Waals surface area contributed by atoms with E-state index in [0.717, 1.165) is 17.0 Å². The van der Waals surface area contributed by atoms with Crippen molar-refractivity contribution in [3.63, 3.8) is 0 Å². The second-order valence-corrected chi connectivity index (χ2v) is 3.54. The van der Waals surface area contributed by atoms with E-state index in [2.05, 4.69) is 9.97 Å². The van der Waals surface area contributed by atoms with E-state index < -0.39 is 0 Å². The summed E-state index contributed by atoms with van der Waals surface area (Å²) in [6, 6.07) is 9.81. The van der Waals surface area contributed by atoms with E-state index in [1.807, 2.05) is 37.3 Å². The number of rotatable bonds is 3. The Morgan fingerprint density at radius 3 is 2.12 bits per heavy atom. The number of benzene rings is 1. The topological polar surface area (TPSA) is 44.2 Å². The van der Waals surface area contributed by atoms with E-state index in [1.54, 1.807) is 14.2 Å². The highest BCUT2D eigenvalue weighted by Crippen LogP contribution is 2.29. The number of nitrogens with zero attached hydrogens (tertiary/aromatic N) is 2. The van der Waals surface area contributed by atoms with Gasteiger partial charge in [-0.25, -0.2) is 4.98 Å². The van der Waals surface area contributed by atoms with Gasteiger partial charge in [-0.2, -0.15) is 4.98 Å². The van der Waals surface area contributed by atoms with Gasteiger partial charge in [-0.3, -0.25) is 0 Å². The summed E-state index contributed by atoms with van der Waals surface area (Å²) in [5.41, 5.74) is 2.45. The molecule has 0 radical (unpaired) electrons. The van der Waals surface area contributed by atoms with Crippen molar-refractivity contribution in [2.24, 2.45) is 0 Å². The molecule has 0 atom stereocenters. The zero-order valence-electron chi connectivity index (χ0n) is 10.1. The second-order valence-electron chi connectivity index (χ2n) is 3.54. The Labute approximate surface area is 100 Å². The first kappa shape index (κ1) is 11.4. The lowest BCUT2D eigenvalue weighted by molar-refractivity contribution is 0.360. The molecule has 88 valence electrons. The van der Waals surface area contributed by atoms with E-state index in [-0.39, 0.29) is 0 Å². The number of hydrogen-bond acceptors (Lipinski definition) is 4. The molecule has 0 aliphatic rings. The lowest BCUT2D eigenvalue weighted by Gasteiger charge is -2.10. The molecule has 0 saturated heterocycles. The molecule has 0 aliphatic carbocycles. The van der Waals surface area contributed by atoms with Crippen molar-refractivity contribution < 1.29 is 9.47 Å². The fourth-order valence-corrected chi connectivity index (χ4v) is 1.61. The van der Waals surface area contributed by atoms with Crippen molar-refractivity contribution in [1.29, 1.82) is 0 Å². The number of aromatic nitrogens is 2. The fraction of sp³-hybridized carbons (Fsp3) is 0.231. The van der Waals surface area contributed by atoms with Gasteiger partial charge in [-0.05, 0) is 6.92 Å². The van der Waals surface area contributed by atoms with Crippen LogP contribution in [0, 0.1) is 6.92 Å². The average molecular weight is 230 g/mol. The molecular formula is C13H14N2O2. The third-order valence-corrected chi connectivity index (χ3v) is 2.43. The molecule has 0 aliphatic heterocycles. The third-order valence-electron chi connectivity index (χ3n) is 2.43. The predicted molar refractivity (Wildman–Crippen MR) is 65.3 cm³/mol. The van der Waals surface area contributed by atoms with Crippen LogP contribution in [-0.4, -0.2) is 24.2 Å². The van der Waals surface area contributed by atoms with Gasteiger partial charge in [0.2, 0.25) is 11.8 Å². The second kappa shape index (κ2) is 4.82. The normalized spacial score (nSPS) is 10.1. The quantitative estimate of drug-likeness (QED) is 0.812. The van der Waals surface area contributed by atoms with Crippen LogP contribution in [0.1, 0.15) is 5.69 Å². The summed E-state index contributed by atoms with van der Waals surface area (Å²) < 4.78 is 10.4. The third kappa shape index (κ3) is 2.20. The molecule has 1 aromatic heterocycles. The number of hydrogen-bond donors (Lipinski definition) is 0. The maximum atomic E-state index is 5.24. The summed E-state index contributed by atoms with van der Waals surface area (Å²) in [5, 5.41) is 0. The van der Waals surface area contributed by atoms with Crippen LogP contribution in [0.5, 0.6) is 11.8 Å². The summed E-state index contributed by atoms with van der Waals surface area (Å²) in [4.78, 5) is 8.75. The van der Waals surface area contributed by atoms with E-state index in [1.165, 1.54) is 0 Å². The summed E-state index contributed by atoms with van der Waals surface area (Å²) in [6.07, 6.45) is 0. The first-order valence-electron chi connectivity index (χ1n) is 5.28. The molecule has 1 heterocycles. The molecule has 0 bridgehead atoms. The fourth-order valence-electron chi connectivity index (χ4n) is 1.61. The molecule has 0 fully saturated rings. The van der Waals surface area contributed by atoms with Gasteiger partial charge in [0.25, 0.3) is 0 Å². The maximum Gasteiger partial charge on any atom is 0.243 e. The lowest BCUT2D eigenvalue weighted by atomic mass is 10.1. The van der Waals surface area contributed by atoms with E-state index in [0.29, 0.717) is 11.8 Å². The molecule has 4 heteroatoms. The van der Waals surface area contributed by atoms with Crippen molar-refractivity contribution in [2.75, 3.05) is 14.2 Å². The molecular weight excluding hydrogens is 216 g/mol. The van der Waals surface area contributed by atoms with Crippen LogP contribution in [0.4, 0.5) is 0 Å². The molecule has 0 amide bonds.